The summed E-state index contributed by atoms with van der Waals surface area (Å²) in [5, 5.41) is 18.4. The molecule has 1 aromatic rings. The van der Waals surface area contributed by atoms with Crippen LogP contribution in [0.25, 0.3) is 0 Å². The van der Waals surface area contributed by atoms with Crippen molar-refractivity contribution in [3.8, 4) is 11.8 Å². The summed E-state index contributed by atoms with van der Waals surface area (Å²) in [5.41, 5.74) is 0.244. The molecule has 0 atom stereocenters. The van der Waals surface area contributed by atoms with Crippen molar-refractivity contribution in [2.45, 2.75) is 6.92 Å². The quantitative estimate of drug-likeness (QED) is 0.784. The Morgan fingerprint density at radius 3 is 2.32 bits per heavy atom. The molecule has 0 fully saturated rings. The molecule has 104 valence electrons. The highest BCUT2D eigenvalue weighted by molar-refractivity contribution is 5.34. The average Bonchev–Trinajstić information content (AvgIpc) is 2.41. The molecule has 0 spiro atoms. The van der Waals surface area contributed by atoms with Gasteiger partial charge >= 0.3 is 0 Å². The summed E-state index contributed by atoms with van der Waals surface area (Å²) in [4.78, 5) is 1.93. The Labute approximate surface area is 113 Å². The maximum Gasteiger partial charge on any atom is 0.123 e. The van der Waals surface area contributed by atoms with Gasteiger partial charge in [-0.25, -0.2) is 4.39 Å². The van der Waals surface area contributed by atoms with Gasteiger partial charge in [0.15, 0.2) is 0 Å². The maximum atomic E-state index is 12.7. The van der Waals surface area contributed by atoms with Crippen LogP contribution in [0.1, 0.15) is 12.5 Å². The molecular formula is C15H20FNO2. The monoisotopic (exact) mass is 265 g/mol. The van der Waals surface area contributed by atoms with Gasteiger partial charge in [0.1, 0.15) is 5.82 Å². The van der Waals surface area contributed by atoms with Crippen molar-refractivity contribution >= 4 is 0 Å². The van der Waals surface area contributed by atoms with E-state index in [0.29, 0.717) is 13.1 Å². The van der Waals surface area contributed by atoms with E-state index in [0.717, 1.165) is 5.56 Å². The largest absolute Gasteiger partial charge is 0.396 e. The first-order chi connectivity index (χ1) is 8.99. The molecule has 0 bridgehead atoms. The van der Waals surface area contributed by atoms with Gasteiger partial charge in [0, 0.05) is 17.5 Å². The number of hydrogen-bond acceptors (Lipinski definition) is 3. The van der Waals surface area contributed by atoms with Crippen LogP contribution in [-0.2, 0) is 0 Å². The van der Waals surface area contributed by atoms with Crippen LogP contribution in [0.4, 0.5) is 4.39 Å². The zero-order chi connectivity index (χ0) is 14.3. The average molecular weight is 265 g/mol. The van der Waals surface area contributed by atoms with Crippen LogP contribution in [0.2, 0.25) is 0 Å². The standard InChI is InChI=1S/C15H20FNO2/c1-15(11-18,12-19)10-17(2)9-3-4-13-5-7-14(16)8-6-13/h5-8,18-19H,9-12H2,1-2H3. The summed E-state index contributed by atoms with van der Waals surface area (Å²) in [6.07, 6.45) is 0. The SMILES string of the molecule is CN(CC#Cc1ccc(F)cc1)CC(C)(CO)CO. The number of aliphatic hydroxyl groups excluding tert-OH is 2. The molecule has 1 rings (SSSR count). The molecule has 0 aromatic heterocycles. The molecule has 0 heterocycles. The molecule has 2 N–H and O–H groups in total. The molecule has 0 aliphatic rings. The summed E-state index contributed by atoms with van der Waals surface area (Å²) >= 11 is 0. The molecule has 0 amide bonds. The molecule has 0 aliphatic carbocycles. The van der Waals surface area contributed by atoms with E-state index in [1.165, 1.54) is 12.1 Å². The van der Waals surface area contributed by atoms with Gasteiger partial charge in [-0.2, -0.15) is 0 Å². The topological polar surface area (TPSA) is 43.7 Å². The molecule has 0 saturated heterocycles. The normalized spacial score (nSPS) is 11.3. The van der Waals surface area contributed by atoms with E-state index in [2.05, 4.69) is 11.8 Å². The predicted octanol–water partition coefficient (Wildman–Crippen LogP) is 1.10. The smallest absolute Gasteiger partial charge is 0.123 e. The Morgan fingerprint density at radius 1 is 1.21 bits per heavy atom. The van der Waals surface area contributed by atoms with Crippen molar-refractivity contribution in [3.63, 3.8) is 0 Å². The van der Waals surface area contributed by atoms with Crippen LogP contribution in [-0.4, -0.2) is 48.5 Å². The van der Waals surface area contributed by atoms with Crippen LogP contribution in [0, 0.1) is 23.1 Å². The lowest BCUT2D eigenvalue weighted by molar-refractivity contribution is 0.0451. The summed E-state index contributed by atoms with van der Waals surface area (Å²) in [6.45, 7) is 2.75. The number of aliphatic hydroxyl groups is 2. The van der Waals surface area contributed by atoms with Crippen molar-refractivity contribution in [2.24, 2.45) is 5.41 Å². The minimum Gasteiger partial charge on any atom is -0.396 e. The van der Waals surface area contributed by atoms with E-state index in [4.69, 9.17) is 0 Å². The fourth-order valence-corrected chi connectivity index (χ4v) is 1.67. The van der Waals surface area contributed by atoms with Crippen molar-refractivity contribution in [2.75, 3.05) is 33.4 Å². The van der Waals surface area contributed by atoms with Gasteiger partial charge < -0.3 is 10.2 Å². The zero-order valence-electron chi connectivity index (χ0n) is 11.4. The number of halogens is 1. The molecular weight excluding hydrogens is 245 g/mol. The lowest BCUT2D eigenvalue weighted by Crippen LogP contribution is -2.39. The van der Waals surface area contributed by atoms with Crippen LogP contribution in [0.3, 0.4) is 0 Å². The van der Waals surface area contributed by atoms with E-state index in [1.54, 1.807) is 12.1 Å². The van der Waals surface area contributed by atoms with Gasteiger partial charge in [-0.3, -0.25) is 4.90 Å². The highest BCUT2D eigenvalue weighted by Gasteiger charge is 2.23. The Kier molecular flexibility index (Phi) is 5.97. The Balaban J connectivity index is 2.51. The van der Waals surface area contributed by atoms with Gasteiger partial charge in [0.05, 0.1) is 19.8 Å². The van der Waals surface area contributed by atoms with Crippen LogP contribution in [0.5, 0.6) is 0 Å². The molecule has 1 aromatic carbocycles. The number of nitrogens with zero attached hydrogens (tertiary/aromatic N) is 1. The van der Waals surface area contributed by atoms with Crippen molar-refractivity contribution in [1.29, 1.82) is 0 Å². The predicted molar refractivity (Wildman–Crippen MR) is 73.1 cm³/mol. The number of hydrogen-bond donors (Lipinski definition) is 2. The minimum absolute atomic E-state index is 0.0702. The molecule has 4 heteroatoms. The van der Waals surface area contributed by atoms with E-state index in [-0.39, 0.29) is 19.0 Å². The third-order valence-electron chi connectivity index (χ3n) is 2.84. The van der Waals surface area contributed by atoms with Gasteiger partial charge in [-0.1, -0.05) is 18.8 Å². The fourth-order valence-electron chi connectivity index (χ4n) is 1.67. The second kappa shape index (κ2) is 7.25. The van der Waals surface area contributed by atoms with Gasteiger partial charge in [0.25, 0.3) is 0 Å². The second-order valence-electron chi connectivity index (χ2n) is 5.11. The number of rotatable bonds is 5. The van der Waals surface area contributed by atoms with Crippen LogP contribution >= 0.6 is 0 Å². The first-order valence-electron chi connectivity index (χ1n) is 6.14. The third-order valence-corrected chi connectivity index (χ3v) is 2.84. The van der Waals surface area contributed by atoms with E-state index in [1.807, 2.05) is 18.9 Å². The zero-order valence-corrected chi connectivity index (χ0v) is 11.4. The van der Waals surface area contributed by atoms with E-state index < -0.39 is 5.41 Å². The fraction of sp³-hybridized carbons (Fsp3) is 0.467. The first kappa shape index (κ1) is 15.6. The summed E-state index contributed by atoms with van der Waals surface area (Å²) in [7, 11) is 1.88. The first-order valence-corrected chi connectivity index (χ1v) is 6.14. The summed E-state index contributed by atoms with van der Waals surface area (Å²) in [6, 6.07) is 6.02. The molecule has 3 nitrogen and oxygen atoms in total. The van der Waals surface area contributed by atoms with Crippen molar-refractivity contribution < 1.29 is 14.6 Å². The van der Waals surface area contributed by atoms with Gasteiger partial charge in [-0.15, -0.1) is 0 Å². The van der Waals surface area contributed by atoms with Crippen molar-refractivity contribution in [3.05, 3.63) is 35.6 Å². The van der Waals surface area contributed by atoms with E-state index >= 15 is 0 Å². The summed E-state index contributed by atoms with van der Waals surface area (Å²) < 4.78 is 12.7. The highest BCUT2D eigenvalue weighted by atomic mass is 19.1. The molecule has 19 heavy (non-hydrogen) atoms. The maximum absolute atomic E-state index is 12.7. The Hall–Kier alpha value is -1.41. The second-order valence-corrected chi connectivity index (χ2v) is 5.11. The lowest BCUT2D eigenvalue weighted by Gasteiger charge is -2.29. The summed E-state index contributed by atoms with van der Waals surface area (Å²) in [5.74, 6) is 5.65. The highest BCUT2D eigenvalue weighted by Crippen LogP contribution is 2.14. The van der Waals surface area contributed by atoms with Crippen LogP contribution < -0.4 is 0 Å². The molecule has 0 aliphatic heterocycles. The minimum atomic E-state index is -0.522. The lowest BCUT2D eigenvalue weighted by atomic mass is 9.92. The Bertz CT molecular complexity index is 443. The van der Waals surface area contributed by atoms with Gasteiger partial charge in [-0.05, 0) is 31.3 Å². The molecule has 0 saturated carbocycles. The van der Waals surface area contributed by atoms with Crippen molar-refractivity contribution in [1.82, 2.24) is 4.90 Å². The van der Waals surface area contributed by atoms with E-state index in [9.17, 15) is 14.6 Å². The Morgan fingerprint density at radius 2 is 1.79 bits per heavy atom. The molecule has 0 unspecified atom stereocenters. The molecule has 0 radical (unpaired) electrons. The van der Waals surface area contributed by atoms with Gasteiger partial charge in [0.2, 0.25) is 0 Å². The third kappa shape index (κ3) is 5.39. The number of benzene rings is 1. The van der Waals surface area contributed by atoms with Crippen LogP contribution in [0.15, 0.2) is 24.3 Å².